The first-order valence-corrected chi connectivity index (χ1v) is 9.56. The number of ether oxygens (including phenoxy) is 1. The molecule has 4 rings (SSSR count). The number of carbonyl (C=O) groups is 1. The van der Waals surface area contributed by atoms with Crippen molar-refractivity contribution in [3.05, 3.63) is 69.9 Å². The molecule has 162 valence electrons. The average Bonchev–Trinajstić information content (AvgIpc) is 3.27. The molecule has 1 aliphatic carbocycles. The van der Waals surface area contributed by atoms with Gasteiger partial charge in [-0.1, -0.05) is 35.0 Å². The Morgan fingerprint density at radius 2 is 1.94 bits per heavy atom. The first kappa shape index (κ1) is 21.2. The first-order valence-electron chi connectivity index (χ1n) is 9.18. The predicted molar refractivity (Wildman–Crippen MR) is 105 cm³/mol. The highest BCUT2D eigenvalue weighted by atomic mass is 35.5. The highest BCUT2D eigenvalue weighted by Gasteiger charge is 2.33. The first-order chi connectivity index (χ1) is 14.7. The van der Waals surface area contributed by atoms with Crippen molar-refractivity contribution in [2.75, 3.05) is 7.11 Å². The molecule has 31 heavy (non-hydrogen) atoms. The minimum Gasteiger partial charge on any atom is -0.497 e. The van der Waals surface area contributed by atoms with Crippen LogP contribution in [-0.4, -0.2) is 23.3 Å². The predicted octanol–water partition coefficient (Wildman–Crippen LogP) is 4.93. The Balaban J connectivity index is 1.56. The Morgan fingerprint density at radius 3 is 2.58 bits per heavy atom. The lowest BCUT2D eigenvalue weighted by atomic mass is 10.1. The second kappa shape index (κ2) is 7.90. The molecule has 2 aromatic carbocycles. The van der Waals surface area contributed by atoms with Crippen molar-refractivity contribution in [2.45, 2.75) is 24.7 Å². The summed E-state index contributed by atoms with van der Waals surface area (Å²) in [6.45, 7) is 0. The van der Waals surface area contributed by atoms with E-state index in [2.05, 4.69) is 10.5 Å². The Hall–Kier alpha value is -3.04. The topological polar surface area (TPSA) is 84.6 Å². The largest absolute Gasteiger partial charge is 0.497 e. The van der Waals surface area contributed by atoms with Gasteiger partial charge in [-0.2, -0.15) is 13.2 Å². The van der Waals surface area contributed by atoms with Crippen LogP contribution < -0.4 is 10.1 Å². The van der Waals surface area contributed by atoms with Crippen LogP contribution in [-0.2, 0) is 6.18 Å². The van der Waals surface area contributed by atoms with Crippen molar-refractivity contribution in [3.8, 4) is 17.1 Å². The second-order valence-corrected chi connectivity index (χ2v) is 7.40. The van der Waals surface area contributed by atoms with Gasteiger partial charge in [-0.3, -0.25) is 4.79 Å². The second-order valence-electron chi connectivity index (χ2n) is 7.02. The summed E-state index contributed by atoms with van der Waals surface area (Å²) < 4.78 is 48.6. The fourth-order valence-electron chi connectivity index (χ4n) is 3.54. The molecule has 10 heteroatoms. The third-order valence-electron chi connectivity index (χ3n) is 5.12. The van der Waals surface area contributed by atoms with E-state index in [0.29, 0.717) is 16.9 Å². The number of aromatic nitrogens is 1. The third kappa shape index (κ3) is 3.98. The fourth-order valence-corrected chi connectivity index (χ4v) is 3.80. The normalized spacial score (nSPS) is 18.0. The number of aliphatic hydroxyl groups is 1. The van der Waals surface area contributed by atoms with Gasteiger partial charge < -0.3 is 19.7 Å². The summed E-state index contributed by atoms with van der Waals surface area (Å²) in [5.41, 5.74) is 0.614. The number of rotatable bonds is 4. The van der Waals surface area contributed by atoms with E-state index in [1.807, 2.05) is 0 Å². The van der Waals surface area contributed by atoms with Crippen LogP contribution in [0.1, 0.15) is 45.7 Å². The van der Waals surface area contributed by atoms with Crippen molar-refractivity contribution in [1.29, 1.82) is 0 Å². The highest BCUT2D eigenvalue weighted by Crippen LogP contribution is 2.41. The number of amides is 1. The molecule has 0 fully saturated rings. The maximum absolute atomic E-state index is 12.7. The molecule has 3 aromatic rings. The molecular formula is C21H16ClF3N2O4. The smallest absolute Gasteiger partial charge is 0.416 e. The van der Waals surface area contributed by atoms with E-state index >= 15 is 0 Å². The molecular weight excluding hydrogens is 437 g/mol. The number of carbonyl (C=O) groups excluding carboxylic acids is 1. The molecule has 2 N–H and O–H groups in total. The van der Waals surface area contributed by atoms with Crippen molar-refractivity contribution in [2.24, 2.45) is 0 Å². The Kier molecular flexibility index (Phi) is 5.40. The zero-order chi connectivity index (χ0) is 22.3. The van der Waals surface area contributed by atoms with Gasteiger partial charge in [0.15, 0.2) is 11.5 Å². The lowest BCUT2D eigenvalue weighted by Crippen LogP contribution is -2.27. The number of hydrogen-bond acceptors (Lipinski definition) is 5. The Bertz CT molecular complexity index is 1130. The van der Waals surface area contributed by atoms with Gasteiger partial charge in [0.1, 0.15) is 10.8 Å². The number of methoxy groups -OCH3 is 1. The van der Waals surface area contributed by atoms with Gasteiger partial charge in [-0.25, -0.2) is 0 Å². The number of alkyl halides is 3. The molecule has 1 heterocycles. The van der Waals surface area contributed by atoms with Crippen LogP contribution in [0.5, 0.6) is 5.75 Å². The number of aliphatic hydroxyl groups excluding tert-OH is 1. The minimum atomic E-state index is -4.47. The van der Waals surface area contributed by atoms with E-state index in [1.54, 1.807) is 18.2 Å². The summed E-state index contributed by atoms with van der Waals surface area (Å²) in [5, 5.41) is 16.6. The molecule has 1 aliphatic rings. The summed E-state index contributed by atoms with van der Waals surface area (Å²) in [6.07, 6.45) is -4.96. The molecule has 0 aliphatic heterocycles. The van der Waals surface area contributed by atoms with E-state index in [4.69, 9.17) is 20.9 Å². The number of nitrogens with zero attached hydrogens (tertiary/aromatic N) is 1. The average molecular weight is 453 g/mol. The summed E-state index contributed by atoms with van der Waals surface area (Å²) in [6, 6.07) is 8.83. The van der Waals surface area contributed by atoms with Gasteiger partial charge in [0, 0.05) is 12.0 Å². The maximum atomic E-state index is 12.7. The van der Waals surface area contributed by atoms with Crippen LogP contribution in [0, 0.1) is 0 Å². The molecule has 1 aromatic heterocycles. The van der Waals surface area contributed by atoms with Gasteiger partial charge in [0.05, 0.1) is 24.8 Å². The maximum Gasteiger partial charge on any atom is 0.416 e. The van der Waals surface area contributed by atoms with Crippen LogP contribution in [0.2, 0.25) is 5.02 Å². The summed E-state index contributed by atoms with van der Waals surface area (Å²) in [4.78, 5) is 12.7. The lowest BCUT2D eigenvalue weighted by Gasteiger charge is -2.13. The summed E-state index contributed by atoms with van der Waals surface area (Å²) in [7, 11) is 1.51. The Labute approximate surface area is 179 Å². The zero-order valence-electron chi connectivity index (χ0n) is 16.0. The number of hydrogen-bond donors (Lipinski definition) is 2. The molecule has 2 atom stereocenters. The van der Waals surface area contributed by atoms with E-state index < -0.39 is 29.8 Å². The van der Waals surface area contributed by atoms with Gasteiger partial charge in [-0.05, 0) is 35.4 Å². The standard InChI is InChI=1S/C21H16ClF3N2O4/c1-30-12-6-7-13-14(8-12)15(9-16(13)28)26-20(29)18-17(22)19(31-27-18)10-2-4-11(5-3-10)21(23,24)25/h2-8,15-16,28H,9H2,1H3,(H,26,29)/t15-,16+/m1/s1. The van der Waals surface area contributed by atoms with Gasteiger partial charge in [0.25, 0.3) is 5.91 Å². The SMILES string of the molecule is COc1ccc2c(c1)[C@H](NC(=O)c1noc(-c3ccc(C(F)(F)F)cc3)c1Cl)C[C@@H]2O. The van der Waals surface area contributed by atoms with Crippen LogP contribution in [0.25, 0.3) is 11.3 Å². The van der Waals surface area contributed by atoms with E-state index in [9.17, 15) is 23.1 Å². The lowest BCUT2D eigenvalue weighted by molar-refractivity contribution is -0.137. The van der Waals surface area contributed by atoms with Gasteiger partial charge >= 0.3 is 6.18 Å². The number of fused-ring (bicyclic) bond motifs is 1. The molecule has 0 bridgehead atoms. The molecule has 6 nitrogen and oxygen atoms in total. The summed E-state index contributed by atoms with van der Waals surface area (Å²) >= 11 is 6.24. The summed E-state index contributed by atoms with van der Waals surface area (Å²) in [5.74, 6) is -0.0787. The van der Waals surface area contributed by atoms with Crippen molar-refractivity contribution < 1.29 is 32.3 Å². The van der Waals surface area contributed by atoms with Gasteiger partial charge in [-0.15, -0.1) is 0 Å². The van der Waals surface area contributed by atoms with Crippen LogP contribution in [0.3, 0.4) is 0 Å². The van der Waals surface area contributed by atoms with E-state index in [0.717, 1.165) is 12.1 Å². The molecule has 0 saturated heterocycles. The van der Waals surface area contributed by atoms with Crippen LogP contribution >= 0.6 is 11.6 Å². The quantitative estimate of drug-likeness (QED) is 0.586. The minimum absolute atomic E-state index is 0.0194. The van der Waals surface area contributed by atoms with Crippen molar-refractivity contribution >= 4 is 17.5 Å². The van der Waals surface area contributed by atoms with Crippen LogP contribution in [0.4, 0.5) is 13.2 Å². The molecule has 0 spiro atoms. The molecule has 0 unspecified atom stereocenters. The van der Waals surface area contributed by atoms with Crippen molar-refractivity contribution in [1.82, 2.24) is 10.5 Å². The van der Waals surface area contributed by atoms with Crippen molar-refractivity contribution in [3.63, 3.8) is 0 Å². The van der Waals surface area contributed by atoms with Gasteiger partial charge in [0.2, 0.25) is 0 Å². The molecule has 1 amide bonds. The number of nitrogens with one attached hydrogen (secondary N) is 1. The third-order valence-corrected chi connectivity index (χ3v) is 5.47. The van der Waals surface area contributed by atoms with E-state index in [-0.39, 0.29) is 28.5 Å². The van der Waals surface area contributed by atoms with Crippen LogP contribution in [0.15, 0.2) is 47.0 Å². The number of halogens is 4. The molecule has 0 radical (unpaired) electrons. The molecule has 0 saturated carbocycles. The van der Waals surface area contributed by atoms with E-state index in [1.165, 1.54) is 19.2 Å². The highest BCUT2D eigenvalue weighted by molar-refractivity contribution is 6.35. The Morgan fingerprint density at radius 1 is 1.23 bits per heavy atom. The number of benzene rings is 2. The monoisotopic (exact) mass is 452 g/mol. The zero-order valence-corrected chi connectivity index (χ0v) is 16.8. The fraction of sp³-hybridized carbons (Fsp3) is 0.238.